The summed E-state index contributed by atoms with van der Waals surface area (Å²) in [5, 5.41) is -0.747. The van der Waals surface area contributed by atoms with E-state index in [1.54, 1.807) is 12.1 Å². The molecule has 0 aliphatic carbocycles. The first-order valence-corrected chi connectivity index (χ1v) is 6.47. The van der Waals surface area contributed by atoms with Crippen LogP contribution in [0.1, 0.15) is 0 Å². The van der Waals surface area contributed by atoms with Crippen LogP contribution >= 0.6 is 23.2 Å². The van der Waals surface area contributed by atoms with E-state index in [9.17, 15) is 4.39 Å². The number of benzene rings is 1. The number of nitrogens with zero attached hydrogens (tertiary/aromatic N) is 2. The lowest BCUT2D eigenvalue weighted by Crippen LogP contribution is -2.00. The predicted molar refractivity (Wildman–Crippen MR) is 77.1 cm³/mol. The van der Waals surface area contributed by atoms with E-state index >= 15 is 0 Å². The van der Waals surface area contributed by atoms with Crippen LogP contribution < -0.4 is 14.2 Å². The molecule has 0 amide bonds. The standard InChI is InChI=1S/C13H11Cl2FN2O3/c1-19-7-5-4-6(9(20-2)10(7)21-3)13-17-11(14)8(16)12(15)18-13/h4-5H,1-3H3. The molecule has 1 aromatic heterocycles. The number of rotatable bonds is 4. The molecule has 112 valence electrons. The highest BCUT2D eigenvalue weighted by Gasteiger charge is 2.21. The van der Waals surface area contributed by atoms with Gasteiger partial charge in [0.2, 0.25) is 5.75 Å². The fraction of sp³-hybridized carbons (Fsp3) is 0.231. The van der Waals surface area contributed by atoms with Crippen molar-refractivity contribution in [2.75, 3.05) is 21.3 Å². The van der Waals surface area contributed by atoms with E-state index in [4.69, 9.17) is 37.4 Å². The van der Waals surface area contributed by atoms with Gasteiger partial charge in [0, 0.05) is 0 Å². The number of methoxy groups -OCH3 is 3. The van der Waals surface area contributed by atoms with E-state index in [1.165, 1.54) is 21.3 Å². The van der Waals surface area contributed by atoms with Gasteiger partial charge >= 0.3 is 0 Å². The zero-order valence-electron chi connectivity index (χ0n) is 11.4. The molecule has 0 atom stereocenters. The summed E-state index contributed by atoms with van der Waals surface area (Å²) >= 11 is 11.4. The molecule has 0 saturated carbocycles. The van der Waals surface area contributed by atoms with Crippen LogP contribution in [0.3, 0.4) is 0 Å². The maximum atomic E-state index is 13.4. The topological polar surface area (TPSA) is 53.5 Å². The minimum atomic E-state index is -0.874. The second-order valence-corrected chi connectivity index (χ2v) is 4.54. The van der Waals surface area contributed by atoms with E-state index in [-0.39, 0.29) is 16.1 Å². The SMILES string of the molecule is COc1ccc(-c2nc(Cl)c(F)c(Cl)n2)c(OC)c1OC. The molecule has 0 bridgehead atoms. The summed E-state index contributed by atoms with van der Waals surface area (Å²) in [5.74, 6) is 0.399. The number of aromatic nitrogens is 2. The Bertz CT molecular complexity index is 660. The van der Waals surface area contributed by atoms with Gasteiger partial charge in [-0.25, -0.2) is 14.4 Å². The van der Waals surface area contributed by atoms with Gasteiger partial charge in [-0.15, -0.1) is 0 Å². The normalized spacial score (nSPS) is 10.4. The summed E-state index contributed by atoms with van der Waals surface area (Å²) in [6.45, 7) is 0. The molecule has 5 nitrogen and oxygen atoms in total. The number of hydrogen-bond donors (Lipinski definition) is 0. The van der Waals surface area contributed by atoms with Gasteiger partial charge in [0.15, 0.2) is 33.4 Å². The molecule has 0 N–H and O–H groups in total. The highest BCUT2D eigenvalue weighted by atomic mass is 35.5. The quantitative estimate of drug-likeness (QED) is 0.800. The highest BCUT2D eigenvalue weighted by Crippen LogP contribution is 2.43. The number of halogens is 3. The van der Waals surface area contributed by atoms with Gasteiger partial charge in [0.25, 0.3) is 0 Å². The van der Waals surface area contributed by atoms with E-state index in [2.05, 4.69) is 9.97 Å². The summed E-state index contributed by atoms with van der Waals surface area (Å²) in [5.41, 5.74) is 0.443. The van der Waals surface area contributed by atoms with Crippen molar-refractivity contribution < 1.29 is 18.6 Å². The molecule has 0 radical (unpaired) electrons. The van der Waals surface area contributed by atoms with Crippen molar-refractivity contribution in [2.24, 2.45) is 0 Å². The fourth-order valence-electron chi connectivity index (χ4n) is 1.79. The second kappa shape index (κ2) is 6.32. The van der Waals surface area contributed by atoms with Gasteiger partial charge in [-0.1, -0.05) is 23.2 Å². The molecule has 0 aliphatic rings. The molecule has 21 heavy (non-hydrogen) atoms. The molecule has 1 aromatic carbocycles. The number of ether oxygens (including phenoxy) is 3. The van der Waals surface area contributed by atoms with Crippen LogP contribution in [0.25, 0.3) is 11.4 Å². The number of hydrogen-bond acceptors (Lipinski definition) is 5. The first-order chi connectivity index (χ1) is 10.0. The van der Waals surface area contributed by atoms with Crippen molar-refractivity contribution >= 4 is 23.2 Å². The van der Waals surface area contributed by atoms with Crippen molar-refractivity contribution in [2.45, 2.75) is 0 Å². The lowest BCUT2D eigenvalue weighted by atomic mass is 10.1. The average molecular weight is 333 g/mol. The summed E-state index contributed by atoms with van der Waals surface area (Å²) in [6, 6.07) is 3.28. The smallest absolute Gasteiger partial charge is 0.204 e. The fourth-order valence-corrected chi connectivity index (χ4v) is 2.18. The summed E-state index contributed by atoms with van der Waals surface area (Å²) in [6.07, 6.45) is 0. The Labute approximate surface area is 130 Å². The van der Waals surface area contributed by atoms with Gasteiger partial charge in [-0.2, -0.15) is 0 Å². The Balaban J connectivity index is 2.69. The zero-order chi connectivity index (χ0) is 15.6. The van der Waals surface area contributed by atoms with Crippen LogP contribution in [0, 0.1) is 5.82 Å². The Morgan fingerprint density at radius 2 is 1.48 bits per heavy atom. The van der Waals surface area contributed by atoms with Gasteiger partial charge in [-0.05, 0) is 12.1 Å². The van der Waals surface area contributed by atoms with E-state index < -0.39 is 5.82 Å². The molecule has 8 heteroatoms. The Kier molecular flexibility index (Phi) is 4.69. The van der Waals surface area contributed by atoms with Crippen molar-refractivity contribution in [3.63, 3.8) is 0 Å². The summed E-state index contributed by atoms with van der Waals surface area (Å²) in [4.78, 5) is 7.72. The molecule has 1 heterocycles. The van der Waals surface area contributed by atoms with Crippen molar-refractivity contribution in [1.82, 2.24) is 9.97 Å². The van der Waals surface area contributed by atoms with Gasteiger partial charge < -0.3 is 14.2 Å². The lowest BCUT2D eigenvalue weighted by molar-refractivity contribution is 0.325. The maximum absolute atomic E-state index is 13.4. The lowest BCUT2D eigenvalue weighted by Gasteiger charge is -2.15. The molecular formula is C13H11Cl2FN2O3. The third kappa shape index (κ3) is 2.82. The molecule has 0 spiro atoms. The Morgan fingerprint density at radius 1 is 0.905 bits per heavy atom. The summed E-state index contributed by atoms with van der Waals surface area (Å²) < 4.78 is 29.2. The molecule has 0 unspecified atom stereocenters. The molecule has 2 aromatic rings. The van der Waals surface area contributed by atoms with Gasteiger partial charge in [-0.3, -0.25) is 0 Å². The van der Waals surface area contributed by atoms with E-state index in [1.807, 2.05) is 0 Å². The molecule has 0 saturated heterocycles. The van der Waals surface area contributed by atoms with Crippen LogP contribution in [0.15, 0.2) is 12.1 Å². The van der Waals surface area contributed by atoms with E-state index in [0.29, 0.717) is 22.8 Å². The third-order valence-electron chi connectivity index (χ3n) is 2.72. The summed E-state index contributed by atoms with van der Waals surface area (Å²) in [7, 11) is 4.42. The predicted octanol–water partition coefficient (Wildman–Crippen LogP) is 3.62. The minimum Gasteiger partial charge on any atom is -0.493 e. The molecule has 2 rings (SSSR count). The van der Waals surface area contributed by atoms with Crippen LogP contribution in [-0.4, -0.2) is 31.3 Å². The van der Waals surface area contributed by atoms with Crippen LogP contribution in [0.5, 0.6) is 17.2 Å². The van der Waals surface area contributed by atoms with Crippen molar-refractivity contribution in [3.05, 3.63) is 28.3 Å². The van der Waals surface area contributed by atoms with Crippen molar-refractivity contribution in [1.29, 1.82) is 0 Å². The van der Waals surface area contributed by atoms with Gasteiger partial charge in [0.1, 0.15) is 0 Å². The van der Waals surface area contributed by atoms with E-state index in [0.717, 1.165) is 0 Å². The first-order valence-electron chi connectivity index (χ1n) is 5.71. The monoisotopic (exact) mass is 332 g/mol. The van der Waals surface area contributed by atoms with Crippen molar-refractivity contribution in [3.8, 4) is 28.6 Å². The highest BCUT2D eigenvalue weighted by molar-refractivity contribution is 6.33. The zero-order valence-corrected chi connectivity index (χ0v) is 12.9. The van der Waals surface area contributed by atoms with Crippen LogP contribution in [0.4, 0.5) is 4.39 Å². The Morgan fingerprint density at radius 3 is 1.95 bits per heavy atom. The molecule has 0 fully saturated rings. The van der Waals surface area contributed by atoms with Gasteiger partial charge in [0.05, 0.1) is 26.9 Å². The first kappa shape index (κ1) is 15.6. The average Bonchev–Trinajstić information content (AvgIpc) is 2.50. The second-order valence-electron chi connectivity index (χ2n) is 3.82. The van der Waals surface area contributed by atoms with Crippen LogP contribution in [-0.2, 0) is 0 Å². The van der Waals surface area contributed by atoms with Crippen LogP contribution in [0.2, 0.25) is 10.3 Å². The molecular weight excluding hydrogens is 322 g/mol. The Hall–Kier alpha value is -1.79. The third-order valence-corrected chi connectivity index (χ3v) is 3.22. The largest absolute Gasteiger partial charge is 0.493 e. The molecule has 0 aliphatic heterocycles. The minimum absolute atomic E-state index is 0.115. The maximum Gasteiger partial charge on any atom is 0.204 e.